The maximum absolute atomic E-state index is 12.2. The molecule has 0 saturated carbocycles. The average Bonchev–Trinajstić information content (AvgIpc) is 2.24. The Hall–Kier alpha value is -1.89. The van der Waals surface area contributed by atoms with Gasteiger partial charge in [-0.3, -0.25) is 14.4 Å². The summed E-state index contributed by atoms with van der Waals surface area (Å²) >= 11 is 3.25. The van der Waals surface area contributed by atoms with Crippen LogP contribution >= 0.6 is 15.9 Å². The lowest BCUT2D eigenvalue weighted by Gasteiger charge is -2.19. The molecule has 0 aliphatic carbocycles. The Morgan fingerprint density at radius 1 is 1.26 bits per heavy atom. The first-order chi connectivity index (χ1) is 8.79. The lowest BCUT2D eigenvalue weighted by Crippen LogP contribution is -2.41. The summed E-state index contributed by atoms with van der Waals surface area (Å²) in [5, 5.41) is 8.75. The number of nitrogens with two attached hydrogens (primary N) is 1. The fourth-order valence-corrected chi connectivity index (χ4v) is 2.20. The average molecular weight is 329 g/mol. The number of carbonyl (C=O) groups excluding carboxylic acids is 2. The number of rotatable bonds is 5. The van der Waals surface area contributed by atoms with E-state index in [4.69, 9.17) is 10.8 Å². The number of aryl methyl sites for hydroxylation is 1. The van der Waals surface area contributed by atoms with Crippen LogP contribution in [-0.4, -0.2) is 40.9 Å². The molecule has 0 spiro atoms. The minimum absolute atomic E-state index is 0.300. The smallest absolute Gasteiger partial charge is 0.323 e. The van der Waals surface area contributed by atoms with Crippen molar-refractivity contribution in [3.05, 3.63) is 33.8 Å². The molecule has 0 radical (unpaired) electrons. The van der Waals surface area contributed by atoms with Crippen molar-refractivity contribution in [1.82, 2.24) is 4.90 Å². The van der Waals surface area contributed by atoms with E-state index in [1.165, 1.54) is 0 Å². The molecular weight excluding hydrogens is 316 g/mol. The lowest BCUT2D eigenvalue weighted by molar-refractivity contribution is -0.138. The summed E-state index contributed by atoms with van der Waals surface area (Å²) in [5.41, 5.74) is 6.15. The zero-order chi connectivity index (χ0) is 14.6. The van der Waals surface area contributed by atoms with Gasteiger partial charge in [0.1, 0.15) is 13.1 Å². The van der Waals surface area contributed by atoms with E-state index in [0.717, 1.165) is 10.5 Å². The molecular formula is C12H13BrN2O4. The maximum Gasteiger partial charge on any atom is 0.323 e. The Morgan fingerprint density at radius 3 is 2.37 bits per heavy atom. The topological polar surface area (TPSA) is 101 Å². The predicted octanol–water partition coefficient (Wildman–Crippen LogP) is 0.770. The fourth-order valence-electron chi connectivity index (χ4n) is 1.59. The van der Waals surface area contributed by atoms with E-state index in [1.54, 1.807) is 19.1 Å². The molecule has 7 heteroatoms. The van der Waals surface area contributed by atoms with Crippen molar-refractivity contribution in [2.24, 2.45) is 5.73 Å². The van der Waals surface area contributed by atoms with Gasteiger partial charge < -0.3 is 15.7 Å². The Bertz CT molecular complexity index is 494. The number of aliphatic carboxylic acids is 1. The molecule has 19 heavy (non-hydrogen) atoms. The molecule has 1 aromatic rings. The van der Waals surface area contributed by atoms with Gasteiger partial charge in [0.05, 0.1) is 0 Å². The SMILES string of the molecule is Cc1cc(Br)cc(C(=O)N(CC(N)=O)CC(=O)O)c1. The Labute approximate surface area is 118 Å². The Balaban J connectivity index is 3.03. The van der Waals surface area contributed by atoms with Crippen molar-refractivity contribution in [1.29, 1.82) is 0 Å². The highest BCUT2D eigenvalue weighted by Gasteiger charge is 2.20. The molecule has 0 aliphatic heterocycles. The zero-order valence-corrected chi connectivity index (χ0v) is 11.8. The first-order valence-electron chi connectivity index (χ1n) is 5.36. The van der Waals surface area contributed by atoms with Crippen molar-refractivity contribution in [3.8, 4) is 0 Å². The lowest BCUT2D eigenvalue weighted by atomic mass is 10.1. The highest BCUT2D eigenvalue weighted by atomic mass is 79.9. The number of halogens is 1. The Morgan fingerprint density at radius 2 is 1.89 bits per heavy atom. The molecule has 0 atom stereocenters. The third-order valence-corrected chi connectivity index (χ3v) is 2.71. The molecule has 1 rings (SSSR count). The molecule has 0 saturated heterocycles. The molecule has 102 valence electrons. The molecule has 2 amide bonds. The number of primary amides is 1. The largest absolute Gasteiger partial charge is 0.480 e. The van der Waals surface area contributed by atoms with Crippen LogP contribution in [0.5, 0.6) is 0 Å². The van der Waals surface area contributed by atoms with Gasteiger partial charge in [0.25, 0.3) is 5.91 Å². The quantitative estimate of drug-likeness (QED) is 0.833. The number of amides is 2. The van der Waals surface area contributed by atoms with Crippen LogP contribution in [0.3, 0.4) is 0 Å². The number of hydrogen-bond donors (Lipinski definition) is 2. The molecule has 0 heterocycles. The van der Waals surface area contributed by atoms with E-state index >= 15 is 0 Å². The molecule has 0 fully saturated rings. The van der Waals surface area contributed by atoms with E-state index in [-0.39, 0.29) is 0 Å². The highest BCUT2D eigenvalue weighted by Crippen LogP contribution is 2.16. The van der Waals surface area contributed by atoms with Crippen molar-refractivity contribution in [2.45, 2.75) is 6.92 Å². The van der Waals surface area contributed by atoms with Gasteiger partial charge in [0.15, 0.2) is 0 Å². The second-order valence-electron chi connectivity index (χ2n) is 4.04. The van der Waals surface area contributed by atoms with Crippen LogP contribution in [0.25, 0.3) is 0 Å². The van der Waals surface area contributed by atoms with Gasteiger partial charge in [-0.05, 0) is 30.7 Å². The first-order valence-corrected chi connectivity index (χ1v) is 6.15. The van der Waals surface area contributed by atoms with E-state index < -0.39 is 30.9 Å². The van der Waals surface area contributed by atoms with Crippen LogP contribution in [0.1, 0.15) is 15.9 Å². The molecule has 0 aliphatic rings. The number of hydrogen-bond acceptors (Lipinski definition) is 3. The van der Waals surface area contributed by atoms with Gasteiger partial charge in [0, 0.05) is 10.0 Å². The monoisotopic (exact) mass is 328 g/mol. The minimum atomic E-state index is -1.21. The predicted molar refractivity (Wildman–Crippen MR) is 71.6 cm³/mol. The van der Waals surface area contributed by atoms with E-state index in [0.29, 0.717) is 10.0 Å². The number of nitrogens with zero attached hydrogens (tertiary/aromatic N) is 1. The summed E-state index contributed by atoms with van der Waals surface area (Å²) in [7, 11) is 0. The standard InChI is InChI=1S/C12H13BrN2O4/c1-7-2-8(4-9(13)3-7)12(19)15(5-10(14)16)6-11(17)18/h2-4H,5-6H2,1H3,(H2,14,16)(H,17,18). The summed E-state index contributed by atoms with van der Waals surface area (Å²) in [4.78, 5) is 34.6. The van der Waals surface area contributed by atoms with Crippen molar-refractivity contribution in [3.63, 3.8) is 0 Å². The van der Waals surface area contributed by atoms with Crippen LogP contribution in [-0.2, 0) is 9.59 Å². The maximum atomic E-state index is 12.2. The summed E-state index contributed by atoms with van der Waals surface area (Å²) in [6.07, 6.45) is 0. The molecule has 1 aromatic carbocycles. The summed E-state index contributed by atoms with van der Waals surface area (Å²) in [6, 6.07) is 4.99. The summed E-state index contributed by atoms with van der Waals surface area (Å²) in [6.45, 7) is 0.793. The highest BCUT2D eigenvalue weighted by molar-refractivity contribution is 9.10. The van der Waals surface area contributed by atoms with Crippen LogP contribution in [0, 0.1) is 6.92 Å². The normalized spacial score (nSPS) is 10.0. The summed E-state index contributed by atoms with van der Waals surface area (Å²) < 4.78 is 0.699. The van der Waals surface area contributed by atoms with Gasteiger partial charge in [-0.25, -0.2) is 0 Å². The minimum Gasteiger partial charge on any atom is -0.480 e. The number of carboxylic acid groups (broad SMARTS) is 1. The van der Waals surface area contributed by atoms with E-state index in [2.05, 4.69) is 15.9 Å². The molecule has 0 bridgehead atoms. The van der Waals surface area contributed by atoms with Gasteiger partial charge in [0.2, 0.25) is 5.91 Å². The molecule has 0 aromatic heterocycles. The second kappa shape index (κ2) is 6.33. The van der Waals surface area contributed by atoms with Crippen LogP contribution in [0.2, 0.25) is 0 Å². The van der Waals surface area contributed by atoms with Crippen LogP contribution in [0.15, 0.2) is 22.7 Å². The van der Waals surface area contributed by atoms with Crippen molar-refractivity contribution in [2.75, 3.05) is 13.1 Å². The number of benzene rings is 1. The van der Waals surface area contributed by atoms with Crippen LogP contribution in [0.4, 0.5) is 0 Å². The fraction of sp³-hybridized carbons (Fsp3) is 0.250. The third kappa shape index (κ3) is 4.70. The van der Waals surface area contributed by atoms with Gasteiger partial charge in [-0.1, -0.05) is 15.9 Å². The van der Waals surface area contributed by atoms with Gasteiger partial charge >= 0.3 is 5.97 Å². The van der Waals surface area contributed by atoms with E-state index in [9.17, 15) is 14.4 Å². The Kier molecular flexibility index (Phi) is 5.05. The number of carbonyl (C=O) groups is 3. The third-order valence-electron chi connectivity index (χ3n) is 2.25. The van der Waals surface area contributed by atoms with Crippen molar-refractivity contribution >= 4 is 33.7 Å². The first kappa shape index (κ1) is 15.2. The van der Waals surface area contributed by atoms with Gasteiger partial charge in [-0.2, -0.15) is 0 Å². The second-order valence-corrected chi connectivity index (χ2v) is 4.95. The summed E-state index contributed by atoms with van der Waals surface area (Å²) in [5.74, 6) is -2.52. The zero-order valence-electron chi connectivity index (χ0n) is 10.2. The number of carboxylic acids is 1. The van der Waals surface area contributed by atoms with E-state index in [1.807, 2.05) is 6.07 Å². The molecule has 0 unspecified atom stereocenters. The van der Waals surface area contributed by atoms with Gasteiger partial charge in [-0.15, -0.1) is 0 Å². The van der Waals surface area contributed by atoms with Crippen LogP contribution < -0.4 is 5.73 Å². The van der Waals surface area contributed by atoms with Crippen molar-refractivity contribution < 1.29 is 19.5 Å². The molecule has 3 N–H and O–H groups in total. The molecule has 6 nitrogen and oxygen atoms in total.